The summed E-state index contributed by atoms with van der Waals surface area (Å²) in [5, 5.41) is 18.4. The Hall–Kier alpha value is -2.19. The minimum Gasteiger partial charge on any atom is -0.452 e. The number of hydrogen-bond donors (Lipinski definition) is 0. The molecule has 2 atom stereocenters. The standard InChI is InChI=1S/C15H13Cl2N3O5/c1-8(24-13(21)14(2)7-15(14,16)17)11-18-19-12(25-11)9-3-5-10(6-4-9)20(22)23/h3-6,8H,7H2,1-2H3/t8-,14-/m0/s1. The van der Waals surface area contributed by atoms with Gasteiger partial charge in [0.05, 0.1) is 4.92 Å². The smallest absolute Gasteiger partial charge is 0.315 e. The summed E-state index contributed by atoms with van der Waals surface area (Å²) in [4.78, 5) is 22.3. The molecule has 0 amide bonds. The lowest BCUT2D eigenvalue weighted by Gasteiger charge is -2.14. The molecule has 1 aliphatic rings. The van der Waals surface area contributed by atoms with Crippen molar-refractivity contribution in [2.75, 3.05) is 0 Å². The first-order valence-electron chi connectivity index (χ1n) is 7.31. The summed E-state index contributed by atoms with van der Waals surface area (Å²) in [6.45, 7) is 3.21. The molecule has 0 unspecified atom stereocenters. The highest BCUT2D eigenvalue weighted by atomic mass is 35.5. The maximum absolute atomic E-state index is 12.2. The number of benzene rings is 1. The molecular weight excluding hydrogens is 373 g/mol. The fraction of sp³-hybridized carbons (Fsp3) is 0.400. The van der Waals surface area contributed by atoms with E-state index in [0.29, 0.717) is 12.0 Å². The number of nitrogens with zero attached hydrogens (tertiary/aromatic N) is 3. The zero-order valence-electron chi connectivity index (χ0n) is 13.2. The van der Waals surface area contributed by atoms with Crippen molar-refractivity contribution in [2.45, 2.75) is 30.7 Å². The third kappa shape index (κ3) is 3.19. The number of hydrogen-bond acceptors (Lipinski definition) is 7. The number of esters is 1. The van der Waals surface area contributed by atoms with Gasteiger partial charge >= 0.3 is 5.97 Å². The fourth-order valence-corrected chi connectivity index (χ4v) is 2.89. The molecule has 1 fully saturated rings. The van der Waals surface area contributed by atoms with Gasteiger partial charge in [-0.25, -0.2) is 0 Å². The Morgan fingerprint density at radius 1 is 1.36 bits per heavy atom. The second-order valence-corrected chi connectivity index (χ2v) is 7.49. The van der Waals surface area contributed by atoms with Crippen molar-refractivity contribution in [3.05, 3.63) is 40.3 Å². The van der Waals surface area contributed by atoms with Crippen molar-refractivity contribution in [1.29, 1.82) is 0 Å². The molecule has 3 rings (SSSR count). The van der Waals surface area contributed by atoms with Gasteiger partial charge in [0, 0.05) is 24.1 Å². The van der Waals surface area contributed by atoms with E-state index in [1.54, 1.807) is 13.8 Å². The number of non-ortho nitro benzene ring substituents is 1. The van der Waals surface area contributed by atoms with Crippen molar-refractivity contribution in [1.82, 2.24) is 10.2 Å². The van der Waals surface area contributed by atoms with Gasteiger partial charge in [0.1, 0.15) is 9.75 Å². The van der Waals surface area contributed by atoms with Crippen LogP contribution in [0.15, 0.2) is 28.7 Å². The lowest BCUT2D eigenvalue weighted by molar-refractivity contribution is -0.384. The van der Waals surface area contributed by atoms with Crippen molar-refractivity contribution < 1.29 is 18.9 Å². The first-order chi connectivity index (χ1) is 11.6. The zero-order chi connectivity index (χ0) is 18.4. The lowest BCUT2D eigenvalue weighted by Crippen LogP contribution is -2.22. The molecule has 0 N–H and O–H groups in total. The fourth-order valence-electron chi connectivity index (χ4n) is 2.20. The summed E-state index contributed by atoms with van der Waals surface area (Å²) >= 11 is 11.9. The third-order valence-electron chi connectivity index (χ3n) is 4.11. The molecule has 1 aromatic heterocycles. The van der Waals surface area contributed by atoms with Crippen LogP contribution in [0.3, 0.4) is 0 Å². The number of carbonyl (C=O) groups excluding carboxylic acids is 1. The Morgan fingerprint density at radius 3 is 2.48 bits per heavy atom. The molecule has 132 valence electrons. The van der Waals surface area contributed by atoms with Crippen molar-refractivity contribution in [3.63, 3.8) is 0 Å². The number of ether oxygens (including phenoxy) is 1. The maximum Gasteiger partial charge on any atom is 0.315 e. The van der Waals surface area contributed by atoms with E-state index in [-0.39, 0.29) is 17.5 Å². The van der Waals surface area contributed by atoms with Crippen LogP contribution >= 0.6 is 23.2 Å². The Balaban J connectivity index is 1.70. The zero-order valence-corrected chi connectivity index (χ0v) is 14.7. The number of nitro groups is 1. The van der Waals surface area contributed by atoms with Crippen LogP contribution < -0.4 is 0 Å². The summed E-state index contributed by atoms with van der Waals surface area (Å²) in [5.74, 6) is -0.282. The van der Waals surface area contributed by atoms with Gasteiger partial charge in [-0.1, -0.05) is 0 Å². The lowest BCUT2D eigenvalue weighted by atomic mass is 10.1. The summed E-state index contributed by atoms with van der Waals surface area (Å²) in [6.07, 6.45) is -0.472. The molecule has 1 aromatic carbocycles. The van der Waals surface area contributed by atoms with Crippen LogP contribution in [0.2, 0.25) is 0 Å². The van der Waals surface area contributed by atoms with E-state index in [4.69, 9.17) is 32.4 Å². The summed E-state index contributed by atoms with van der Waals surface area (Å²) in [6, 6.07) is 5.65. The van der Waals surface area contributed by atoms with Crippen LogP contribution in [0.4, 0.5) is 5.69 Å². The minimum absolute atomic E-state index is 0.0471. The van der Waals surface area contributed by atoms with Crippen LogP contribution in [0.1, 0.15) is 32.3 Å². The van der Waals surface area contributed by atoms with Gasteiger partial charge in [0.25, 0.3) is 11.6 Å². The third-order valence-corrected chi connectivity index (χ3v) is 5.21. The molecule has 2 aromatic rings. The van der Waals surface area contributed by atoms with E-state index in [2.05, 4.69) is 10.2 Å². The van der Waals surface area contributed by atoms with Gasteiger partial charge in [-0.15, -0.1) is 33.4 Å². The number of alkyl halides is 2. The van der Waals surface area contributed by atoms with Gasteiger partial charge in [0.2, 0.25) is 5.89 Å². The molecule has 0 bridgehead atoms. The maximum atomic E-state index is 12.2. The minimum atomic E-state index is -1.12. The molecule has 8 nitrogen and oxygen atoms in total. The molecule has 25 heavy (non-hydrogen) atoms. The topological polar surface area (TPSA) is 108 Å². The van der Waals surface area contributed by atoms with Crippen LogP contribution in [-0.4, -0.2) is 25.4 Å². The molecule has 1 heterocycles. The molecule has 1 aliphatic carbocycles. The molecule has 0 spiro atoms. The van der Waals surface area contributed by atoms with Crippen LogP contribution in [0.5, 0.6) is 0 Å². The predicted octanol–water partition coefficient (Wildman–Crippen LogP) is 3.83. The van der Waals surface area contributed by atoms with Gasteiger partial charge in [-0.3, -0.25) is 14.9 Å². The van der Waals surface area contributed by atoms with Crippen LogP contribution in [-0.2, 0) is 9.53 Å². The monoisotopic (exact) mass is 385 g/mol. The molecule has 0 radical (unpaired) electrons. The summed E-state index contributed by atoms with van der Waals surface area (Å²) in [7, 11) is 0. The van der Waals surface area contributed by atoms with Gasteiger partial charge in [-0.2, -0.15) is 0 Å². The molecule has 10 heteroatoms. The van der Waals surface area contributed by atoms with Gasteiger partial charge in [0.15, 0.2) is 6.10 Å². The van der Waals surface area contributed by atoms with E-state index in [1.807, 2.05) is 0 Å². The first kappa shape index (κ1) is 17.6. The average Bonchev–Trinajstić information content (AvgIpc) is 2.92. The Labute approximate surface area is 152 Å². The Morgan fingerprint density at radius 2 is 1.96 bits per heavy atom. The Bertz CT molecular complexity index is 836. The normalized spacial score (nSPS) is 22.2. The first-order valence-corrected chi connectivity index (χ1v) is 8.07. The quantitative estimate of drug-likeness (QED) is 0.332. The van der Waals surface area contributed by atoms with E-state index in [0.717, 1.165) is 0 Å². The highest BCUT2D eigenvalue weighted by Crippen LogP contribution is 2.64. The molecule has 0 saturated heterocycles. The number of aromatic nitrogens is 2. The summed E-state index contributed by atoms with van der Waals surface area (Å²) < 4.78 is 9.67. The van der Waals surface area contributed by atoms with Gasteiger partial charge < -0.3 is 9.15 Å². The highest BCUT2D eigenvalue weighted by molar-refractivity contribution is 6.53. The van der Waals surface area contributed by atoms with E-state index >= 15 is 0 Å². The largest absolute Gasteiger partial charge is 0.452 e. The SMILES string of the molecule is C[C@H](OC(=O)[C@]1(C)CC1(Cl)Cl)c1nnc(-c2ccc([N+](=O)[O-])cc2)o1. The number of rotatable bonds is 5. The highest BCUT2D eigenvalue weighted by Gasteiger charge is 2.69. The van der Waals surface area contributed by atoms with Crippen LogP contribution in [0.25, 0.3) is 11.5 Å². The van der Waals surface area contributed by atoms with E-state index in [1.165, 1.54) is 24.3 Å². The predicted molar refractivity (Wildman–Crippen MR) is 88.1 cm³/mol. The number of halogens is 2. The average molecular weight is 386 g/mol. The molecular formula is C15H13Cl2N3O5. The number of nitro benzene ring substituents is 1. The van der Waals surface area contributed by atoms with Crippen LogP contribution in [0, 0.1) is 15.5 Å². The Kier molecular flexibility index (Phi) is 4.20. The number of carbonyl (C=O) groups is 1. The van der Waals surface area contributed by atoms with Gasteiger partial charge in [-0.05, 0) is 26.0 Å². The van der Waals surface area contributed by atoms with E-state index < -0.39 is 26.7 Å². The molecule has 0 aliphatic heterocycles. The van der Waals surface area contributed by atoms with Crippen molar-refractivity contribution in [3.8, 4) is 11.5 Å². The van der Waals surface area contributed by atoms with Crippen molar-refractivity contribution >= 4 is 34.9 Å². The molecule has 1 saturated carbocycles. The van der Waals surface area contributed by atoms with E-state index in [9.17, 15) is 14.9 Å². The van der Waals surface area contributed by atoms with Crippen molar-refractivity contribution in [2.24, 2.45) is 5.41 Å². The second kappa shape index (κ2) is 5.96. The second-order valence-electron chi connectivity index (χ2n) is 6.01. The summed E-state index contributed by atoms with van der Waals surface area (Å²) in [5.41, 5.74) is -0.488.